The van der Waals surface area contributed by atoms with E-state index in [1.54, 1.807) is 0 Å². The molecule has 1 aromatic heterocycles. The summed E-state index contributed by atoms with van der Waals surface area (Å²) in [6, 6.07) is 8.27. The van der Waals surface area contributed by atoms with Crippen LogP contribution in [-0.2, 0) is 0 Å². The summed E-state index contributed by atoms with van der Waals surface area (Å²) in [5.74, 6) is 0. The molecule has 2 unspecified atom stereocenters. The van der Waals surface area contributed by atoms with E-state index in [4.69, 9.17) is 10.5 Å². The molecule has 0 saturated heterocycles. The first-order valence-electron chi connectivity index (χ1n) is 6.61. The number of hydrogen-bond donors (Lipinski definition) is 1. The van der Waals surface area contributed by atoms with E-state index in [1.165, 1.54) is 30.8 Å². The number of benzene rings is 1. The molecular weight excluding hydrogens is 244 g/mol. The quantitative estimate of drug-likeness (QED) is 0.844. The predicted molar refractivity (Wildman–Crippen MR) is 75.1 cm³/mol. The Labute approximate surface area is 111 Å². The number of nitrogens with two attached hydrogens (primary N) is 1. The Bertz CT molecular complexity index is 525. The van der Waals surface area contributed by atoms with Gasteiger partial charge in [0.05, 0.1) is 10.9 Å². The zero-order chi connectivity index (χ0) is 12.4. The van der Waals surface area contributed by atoms with Gasteiger partial charge in [-0.15, -0.1) is 0 Å². The molecule has 1 fully saturated rings. The van der Waals surface area contributed by atoms with Crippen LogP contribution in [0.3, 0.4) is 0 Å². The molecule has 2 aromatic rings. The molecule has 4 heteroatoms. The summed E-state index contributed by atoms with van der Waals surface area (Å²) in [5.41, 5.74) is 7.21. The highest BCUT2D eigenvalue weighted by atomic mass is 32.1. The third kappa shape index (κ3) is 2.35. The molecule has 96 valence electrons. The zero-order valence-corrected chi connectivity index (χ0v) is 11.2. The smallest absolute Gasteiger partial charge is 0.201 e. The summed E-state index contributed by atoms with van der Waals surface area (Å²) in [6.45, 7) is 0. The van der Waals surface area contributed by atoms with Crippen molar-refractivity contribution in [2.45, 2.75) is 44.2 Å². The Hall–Kier alpha value is -1.13. The summed E-state index contributed by atoms with van der Waals surface area (Å²) in [4.78, 5) is 0. The fraction of sp³-hybridized carbons (Fsp3) is 0.500. The van der Waals surface area contributed by atoms with Crippen molar-refractivity contribution >= 4 is 22.4 Å². The van der Waals surface area contributed by atoms with Crippen LogP contribution in [0.25, 0.3) is 10.9 Å². The van der Waals surface area contributed by atoms with Gasteiger partial charge in [0.15, 0.2) is 0 Å². The lowest BCUT2D eigenvalue weighted by Gasteiger charge is -2.21. The van der Waals surface area contributed by atoms with Gasteiger partial charge < -0.3 is 10.5 Å². The van der Waals surface area contributed by atoms with Gasteiger partial charge in [-0.3, -0.25) is 0 Å². The van der Waals surface area contributed by atoms with Gasteiger partial charge in [-0.25, -0.2) is 0 Å². The van der Waals surface area contributed by atoms with Gasteiger partial charge in [0.1, 0.15) is 6.10 Å². The van der Waals surface area contributed by atoms with Crippen molar-refractivity contribution in [3.8, 4) is 5.06 Å². The van der Waals surface area contributed by atoms with Crippen molar-refractivity contribution in [2.24, 2.45) is 5.73 Å². The molecule has 3 rings (SSSR count). The molecule has 0 amide bonds. The second-order valence-electron chi connectivity index (χ2n) is 4.95. The van der Waals surface area contributed by atoms with Crippen LogP contribution in [0.2, 0.25) is 0 Å². The van der Waals surface area contributed by atoms with Gasteiger partial charge >= 0.3 is 0 Å². The Kier molecular flexibility index (Phi) is 3.48. The highest BCUT2D eigenvalue weighted by molar-refractivity contribution is 7.09. The molecule has 0 radical (unpaired) electrons. The molecule has 1 aliphatic rings. The van der Waals surface area contributed by atoms with Crippen LogP contribution in [-0.4, -0.2) is 16.5 Å². The molecule has 1 aliphatic carbocycles. The van der Waals surface area contributed by atoms with Crippen LogP contribution in [0.4, 0.5) is 0 Å². The molecule has 1 aromatic carbocycles. The van der Waals surface area contributed by atoms with Gasteiger partial charge in [-0.1, -0.05) is 25.0 Å². The number of fused-ring (bicyclic) bond motifs is 1. The Morgan fingerprint density at radius 2 is 2.00 bits per heavy atom. The molecule has 1 heterocycles. The molecule has 3 nitrogen and oxygen atoms in total. The average Bonchev–Trinajstić information content (AvgIpc) is 2.69. The first kappa shape index (κ1) is 11.9. The monoisotopic (exact) mass is 262 g/mol. The van der Waals surface area contributed by atoms with Gasteiger partial charge in [0, 0.05) is 17.6 Å². The maximum atomic E-state index is 6.20. The molecule has 0 spiro atoms. The maximum Gasteiger partial charge on any atom is 0.201 e. The number of aromatic nitrogens is 1. The van der Waals surface area contributed by atoms with Gasteiger partial charge in [0.2, 0.25) is 5.06 Å². The van der Waals surface area contributed by atoms with Crippen LogP contribution >= 0.6 is 11.5 Å². The van der Waals surface area contributed by atoms with E-state index in [0.717, 1.165) is 28.8 Å². The minimum absolute atomic E-state index is 0.149. The minimum Gasteiger partial charge on any atom is -0.477 e. The van der Waals surface area contributed by atoms with E-state index >= 15 is 0 Å². The van der Waals surface area contributed by atoms with Crippen LogP contribution in [0, 0.1) is 0 Å². The van der Waals surface area contributed by atoms with Gasteiger partial charge in [0.25, 0.3) is 0 Å². The molecule has 2 atom stereocenters. The Morgan fingerprint density at radius 3 is 2.94 bits per heavy atom. The first-order valence-corrected chi connectivity index (χ1v) is 7.38. The fourth-order valence-electron chi connectivity index (χ4n) is 2.54. The van der Waals surface area contributed by atoms with E-state index in [2.05, 4.69) is 10.4 Å². The van der Waals surface area contributed by atoms with E-state index < -0.39 is 0 Å². The van der Waals surface area contributed by atoms with Crippen molar-refractivity contribution in [1.29, 1.82) is 0 Å². The summed E-state index contributed by atoms with van der Waals surface area (Å²) in [5, 5.41) is 2.03. The Balaban J connectivity index is 1.82. The van der Waals surface area contributed by atoms with E-state index in [9.17, 15) is 0 Å². The molecule has 0 aliphatic heterocycles. The lowest BCUT2D eigenvalue weighted by molar-refractivity contribution is 0.170. The van der Waals surface area contributed by atoms with E-state index in [-0.39, 0.29) is 12.1 Å². The SMILES string of the molecule is NC1CCCCCC1Oc1snc2ccccc12. The summed E-state index contributed by atoms with van der Waals surface area (Å²) in [6.07, 6.45) is 6.00. The number of ether oxygens (including phenoxy) is 1. The highest BCUT2D eigenvalue weighted by Crippen LogP contribution is 2.32. The van der Waals surface area contributed by atoms with E-state index in [1.807, 2.05) is 18.2 Å². The summed E-state index contributed by atoms with van der Waals surface area (Å²) >= 11 is 1.44. The summed E-state index contributed by atoms with van der Waals surface area (Å²) in [7, 11) is 0. The number of nitrogens with zero attached hydrogens (tertiary/aromatic N) is 1. The molecule has 1 saturated carbocycles. The second-order valence-corrected chi connectivity index (χ2v) is 5.68. The van der Waals surface area contributed by atoms with Gasteiger partial charge in [-0.2, -0.15) is 4.37 Å². The minimum atomic E-state index is 0.149. The third-order valence-electron chi connectivity index (χ3n) is 3.61. The normalized spacial score (nSPS) is 24.9. The van der Waals surface area contributed by atoms with Crippen LogP contribution in [0.15, 0.2) is 24.3 Å². The maximum absolute atomic E-state index is 6.20. The summed E-state index contributed by atoms with van der Waals surface area (Å²) < 4.78 is 10.5. The zero-order valence-electron chi connectivity index (χ0n) is 10.3. The lowest BCUT2D eigenvalue weighted by atomic mass is 10.1. The fourth-order valence-corrected chi connectivity index (χ4v) is 3.31. The standard InChI is InChI=1S/C14H18N2OS/c15-11-7-2-1-3-9-13(11)17-14-10-6-4-5-8-12(10)16-18-14/h4-6,8,11,13H,1-3,7,9,15H2. The number of hydrogen-bond acceptors (Lipinski definition) is 4. The average molecular weight is 262 g/mol. The van der Waals surface area contributed by atoms with Crippen molar-refractivity contribution in [3.05, 3.63) is 24.3 Å². The van der Waals surface area contributed by atoms with Crippen molar-refractivity contribution in [1.82, 2.24) is 4.37 Å². The number of rotatable bonds is 2. The van der Waals surface area contributed by atoms with Gasteiger partial charge in [-0.05, 0) is 31.4 Å². The molecular formula is C14H18N2OS. The lowest BCUT2D eigenvalue weighted by Crippen LogP contribution is -2.37. The van der Waals surface area contributed by atoms with Crippen LogP contribution < -0.4 is 10.5 Å². The molecule has 2 N–H and O–H groups in total. The Morgan fingerprint density at radius 1 is 1.17 bits per heavy atom. The largest absolute Gasteiger partial charge is 0.477 e. The first-order chi connectivity index (χ1) is 8.84. The van der Waals surface area contributed by atoms with Crippen LogP contribution in [0.1, 0.15) is 32.1 Å². The second kappa shape index (κ2) is 5.24. The molecule has 0 bridgehead atoms. The van der Waals surface area contributed by atoms with E-state index in [0.29, 0.717) is 0 Å². The predicted octanol–water partition coefficient (Wildman–Crippen LogP) is 3.34. The highest BCUT2D eigenvalue weighted by Gasteiger charge is 2.23. The van der Waals surface area contributed by atoms with Crippen molar-refractivity contribution in [2.75, 3.05) is 0 Å². The van der Waals surface area contributed by atoms with Crippen molar-refractivity contribution < 1.29 is 4.74 Å². The molecule has 18 heavy (non-hydrogen) atoms. The van der Waals surface area contributed by atoms with Crippen LogP contribution in [0.5, 0.6) is 5.06 Å². The van der Waals surface area contributed by atoms with Crippen molar-refractivity contribution in [3.63, 3.8) is 0 Å². The topological polar surface area (TPSA) is 48.1 Å². The third-order valence-corrected chi connectivity index (χ3v) is 4.38.